The summed E-state index contributed by atoms with van der Waals surface area (Å²) in [6.07, 6.45) is -5.29. The minimum absolute atomic E-state index is 0.243. The molecule has 0 aliphatic carbocycles. The highest BCUT2D eigenvalue weighted by Gasteiger charge is 2.46. The van der Waals surface area contributed by atoms with Crippen molar-refractivity contribution in [2.45, 2.75) is 56.3 Å². The number of hydrogen-bond acceptors (Lipinski definition) is 12. The largest absolute Gasteiger partial charge is 0.474 e. The lowest BCUT2D eigenvalue weighted by molar-refractivity contribution is -0.160. The van der Waals surface area contributed by atoms with Crippen LogP contribution < -0.4 is 11.1 Å². The number of likely N-dealkylation sites (N-methyl/N-ethyl adjacent to an activating group) is 1. The molecular formula is C14H29N4O8P. The van der Waals surface area contributed by atoms with E-state index in [1.165, 1.54) is 0 Å². The van der Waals surface area contributed by atoms with E-state index in [2.05, 4.69) is 10.4 Å². The van der Waals surface area contributed by atoms with Crippen molar-refractivity contribution in [3.8, 4) is 0 Å². The summed E-state index contributed by atoms with van der Waals surface area (Å²) in [6.45, 7) is 1.87. The Bertz CT molecular complexity index is 541. The Morgan fingerprint density at radius 3 is 2.67 bits per heavy atom. The van der Waals surface area contributed by atoms with Gasteiger partial charge in [-0.2, -0.15) is 5.11 Å². The zero-order valence-electron chi connectivity index (χ0n) is 15.6. The summed E-state index contributed by atoms with van der Waals surface area (Å²) in [6, 6.07) is -0.583. The number of hydrogen-bond donors (Lipinski definition) is 5. The fraction of sp³-hybridized carbons (Fsp3) is 1.00. The van der Waals surface area contributed by atoms with Gasteiger partial charge in [0.25, 0.3) is 0 Å². The molecule has 2 aliphatic heterocycles. The van der Waals surface area contributed by atoms with E-state index in [0.29, 0.717) is 6.42 Å². The highest BCUT2D eigenvalue weighted by molar-refractivity contribution is 7.48. The number of aliphatic hydroxyl groups is 2. The van der Waals surface area contributed by atoms with Crippen LogP contribution in [-0.2, 0) is 27.6 Å². The van der Waals surface area contributed by atoms with Gasteiger partial charge in [-0.25, -0.2) is 10.1 Å². The number of phosphoric acid groups is 1. The molecule has 0 aromatic rings. The summed E-state index contributed by atoms with van der Waals surface area (Å²) in [7, 11) is -1.29. The van der Waals surface area contributed by atoms with E-state index in [-0.39, 0.29) is 19.1 Å². The summed E-state index contributed by atoms with van der Waals surface area (Å²) in [5.41, 5.74) is 12.7. The fourth-order valence-electron chi connectivity index (χ4n) is 3.18. The van der Waals surface area contributed by atoms with E-state index < -0.39 is 50.7 Å². The van der Waals surface area contributed by atoms with Crippen LogP contribution in [0.4, 0.5) is 0 Å². The highest BCUT2D eigenvalue weighted by atomic mass is 31.2. The summed E-state index contributed by atoms with van der Waals surface area (Å²) >= 11 is 0. The zero-order chi connectivity index (χ0) is 20.2. The number of aliphatic hydroxyl groups excluding tert-OH is 2. The Kier molecular flexibility index (Phi) is 8.25. The van der Waals surface area contributed by atoms with Crippen LogP contribution in [-0.4, -0.2) is 80.5 Å². The average Bonchev–Trinajstić information content (AvgIpc) is 2.98. The van der Waals surface area contributed by atoms with Gasteiger partial charge in [-0.1, -0.05) is 6.92 Å². The van der Waals surface area contributed by atoms with Crippen molar-refractivity contribution < 1.29 is 37.8 Å². The number of phosphoric ester groups is 1. The monoisotopic (exact) mass is 412 g/mol. The van der Waals surface area contributed by atoms with E-state index in [1.807, 2.05) is 6.92 Å². The highest BCUT2D eigenvalue weighted by Crippen LogP contribution is 2.52. The quantitative estimate of drug-likeness (QED) is 0.246. The second kappa shape index (κ2) is 9.79. The van der Waals surface area contributed by atoms with Crippen LogP contribution in [0.1, 0.15) is 13.3 Å². The van der Waals surface area contributed by atoms with Crippen molar-refractivity contribution in [2.75, 3.05) is 27.4 Å². The van der Waals surface area contributed by atoms with E-state index in [4.69, 9.17) is 34.3 Å². The first-order valence-electron chi connectivity index (χ1n) is 8.71. The van der Waals surface area contributed by atoms with Gasteiger partial charge in [0.1, 0.15) is 30.6 Å². The lowest BCUT2D eigenvalue weighted by Crippen LogP contribution is -2.54. The first kappa shape index (κ1) is 22.8. The second-order valence-electron chi connectivity index (χ2n) is 6.45. The molecule has 2 fully saturated rings. The molecule has 0 saturated carbocycles. The topological polar surface area (TPSA) is 178 Å². The fourth-order valence-corrected chi connectivity index (χ4v) is 4.36. The second-order valence-corrected chi connectivity index (χ2v) is 8.18. The van der Waals surface area contributed by atoms with Gasteiger partial charge in [0.15, 0.2) is 6.23 Å². The van der Waals surface area contributed by atoms with Crippen LogP contribution in [0.5, 0.6) is 0 Å². The molecule has 0 radical (unpaired) electrons. The van der Waals surface area contributed by atoms with Crippen LogP contribution in [0.3, 0.4) is 0 Å². The minimum atomic E-state index is -4.06. The molecule has 6 N–H and O–H groups in total. The maximum Gasteiger partial charge on any atom is 0.474 e. The van der Waals surface area contributed by atoms with Crippen LogP contribution in [0.2, 0.25) is 0 Å². The maximum atomic E-state index is 12.9. The smallest absolute Gasteiger partial charge is 0.387 e. The first-order valence-corrected chi connectivity index (χ1v) is 10.2. The van der Waals surface area contributed by atoms with E-state index in [9.17, 15) is 14.8 Å². The van der Waals surface area contributed by atoms with Gasteiger partial charge in [-0.05, 0) is 13.5 Å². The van der Waals surface area contributed by atoms with Crippen molar-refractivity contribution in [2.24, 2.45) is 16.8 Å². The lowest BCUT2D eigenvalue weighted by atomic mass is 9.93. The molecule has 12 nitrogen and oxygen atoms in total. The van der Waals surface area contributed by atoms with E-state index in [1.54, 1.807) is 7.05 Å². The Hall–Kier alpha value is -0.530. The van der Waals surface area contributed by atoms with Crippen LogP contribution in [0, 0.1) is 11.4 Å². The van der Waals surface area contributed by atoms with Gasteiger partial charge in [0.2, 0.25) is 0 Å². The summed E-state index contributed by atoms with van der Waals surface area (Å²) in [4.78, 5) is 0. The van der Waals surface area contributed by atoms with E-state index in [0.717, 1.165) is 7.11 Å². The molecule has 27 heavy (non-hydrogen) atoms. The molecule has 13 heteroatoms. The molecule has 5 unspecified atom stereocenters. The number of nitrogens with one attached hydrogen (secondary N) is 2. The Morgan fingerprint density at radius 2 is 2.11 bits per heavy atom. The van der Waals surface area contributed by atoms with Gasteiger partial charge >= 0.3 is 7.82 Å². The third-order valence-electron chi connectivity index (χ3n) is 4.87. The standard InChI is InChI=1S/C14H29N4O8P/c1-4-7-5-23-13(15)11(20)12(7)26-27(21,22-3)24-6-8-9(17-2)10(19)14(18-16)25-8/h7-14,16-17,19-20H,4-6,15H2,1-3H3/t7-,8+,9?,10?,11?,12?,13+,14+,27?/m0/s1. The average molecular weight is 412 g/mol. The van der Waals surface area contributed by atoms with Crippen LogP contribution >= 0.6 is 7.82 Å². The summed E-state index contributed by atoms with van der Waals surface area (Å²) < 4.78 is 39.4. The molecule has 0 aromatic heterocycles. The van der Waals surface area contributed by atoms with Gasteiger partial charge in [0.05, 0.1) is 19.3 Å². The third-order valence-corrected chi connectivity index (χ3v) is 6.29. The molecular weight excluding hydrogens is 383 g/mol. The minimum Gasteiger partial charge on any atom is -0.387 e. The summed E-state index contributed by atoms with van der Waals surface area (Å²) in [5.74, 6) is -0.243. The molecule has 2 saturated heterocycles. The lowest BCUT2D eigenvalue weighted by Gasteiger charge is -2.39. The maximum absolute atomic E-state index is 12.9. The molecule has 0 aromatic carbocycles. The van der Waals surface area contributed by atoms with Crippen molar-refractivity contribution >= 4 is 7.82 Å². The van der Waals surface area contributed by atoms with Crippen molar-refractivity contribution in [1.29, 1.82) is 5.53 Å². The molecule has 158 valence electrons. The van der Waals surface area contributed by atoms with Gasteiger partial charge in [-0.15, -0.1) is 0 Å². The Labute approximate surface area is 157 Å². The Balaban J connectivity index is 2.04. The molecule has 2 aliphatic rings. The van der Waals surface area contributed by atoms with Crippen LogP contribution in [0.15, 0.2) is 5.11 Å². The third kappa shape index (κ3) is 5.10. The molecule has 9 atom stereocenters. The van der Waals surface area contributed by atoms with Gasteiger partial charge in [-0.3, -0.25) is 13.6 Å². The molecule has 2 heterocycles. The molecule has 0 bridgehead atoms. The Morgan fingerprint density at radius 1 is 1.41 bits per heavy atom. The number of nitrogens with zero attached hydrogens (tertiary/aromatic N) is 1. The number of nitrogens with two attached hydrogens (primary N) is 1. The van der Waals surface area contributed by atoms with Crippen LogP contribution in [0.25, 0.3) is 0 Å². The molecule has 0 amide bonds. The van der Waals surface area contributed by atoms with Gasteiger partial charge < -0.3 is 30.7 Å². The zero-order valence-corrected chi connectivity index (χ0v) is 16.5. The van der Waals surface area contributed by atoms with E-state index >= 15 is 0 Å². The van der Waals surface area contributed by atoms with Gasteiger partial charge in [0, 0.05) is 13.0 Å². The van der Waals surface area contributed by atoms with Crippen molar-refractivity contribution in [3.05, 3.63) is 0 Å². The van der Waals surface area contributed by atoms with Crippen molar-refractivity contribution in [3.63, 3.8) is 0 Å². The van der Waals surface area contributed by atoms with Crippen molar-refractivity contribution in [1.82, 2.24) is 5.32 Å². The summed E-state index contributed by atoms with van der Waals surface area (Å²) in [5, 5.41) is 26.4. The first-order chi connectivity index (χ1) is 12.8. The number of ether oxygens (including phenoxy) is 2. The number of rotatable bonds is 9. The SMILES string of the molecule is CC[C@H]1CO[C@@H](N)C(O)C1OP(=O)(OC)OC[C@H]1O[C@@H](N=N)C(O)C1NC. The molecule has 2 rings (SSSR count). The predicted octanol–water partition coefficient (Wildman–Crippen LogP) is -0.450. The normalized spacial score (nSPS) is 42.0. The predicted molar refractivity (Wildman–Crippen MR) is 91.8 cm³/mol. The molecule has 0 spiro atoms.